The fraction of sp³-hybridized carbons (Fsp3) is 0.417. The highest BCUT2D eigenvalue weighted by Gasteiger charge is 2.19. The second-order valence-electron chi connectivity index (χ2n) is 3.41. The highest BCUT2D eigenvalue weighted by molar-refractivity contribution is 5.65. The zero-order valence-corrected chi connectivity index (χ0v) is 9.65. The van der Waals surface area contributed by atoms with Gasteiger partial charge in [0.15, 0.2) is 11.5 Å². The number of carbonyl (C=O) groups excluding carboxylic acids is 1. The Morgan fingerprint density at radius 1 is 1.41 bits per heavy atom. The number of carbonyl (C=O) groups is 1. The summed E-state index contributed by atoms with van der Waals surface area (Å²) in [6, 6.07) is 4.74. The summed E-state index contributed by atoms with van der Waals surface area (Å²) in [5, 5.41) is 0. The number of halogens is 2. The van der Waals surface area contributed by atoms with Crippen LogP contribution in [0.15, 0.2) is 18.2 Å². The van der Waals surface area contributed by atoms with Gasteiger partial charge in [0, 0.05) is 11.5 Å². The monoisotopic (exact) mass is 244 g/mol. The van der Waals surface area contributed by atoms with E-state index in [-0.39, 0.29) is 11.5 Å². The van der Waals surface area contributed by atoms with Gasteiger partial charge in [-0.1, -0.05) is 19.1 Å². The van der Waals surface area contributed by atoms with Gasteiger partial charge in [-0.15, -0.1) is 0 Å². The van der Waals surface area contributed by atoms with Gasteiger partial charge in [-0.25, -0.2) is 0 Å². The fourth-order valence-electron chi connectivity index (χ4n) is 1.45. The van der Waals surface area contributed by atoms with Gasteiger partial charge >= 0.3 is 6.61 Å². The summed E-state index contributed by atoms with van der Waals surface area (Å²) in [5.41, 5.74) is 0.395. The van der Waals surface area contributed by atoms with E-state index in [1.807, 2.05) is 0 Å². The number of alkyl halides is 2. The Labute approximate surface area is 98.3 Å². The smallest absolute Gasteiger partial charge is 0.387 e. The van der Waals surface area contributed by atoms with Gasteiger partial charge in [-0.2, -0.15) is 8.78 Å². The Balaban J connectivity index is 3.18. The molecule has 0 aliphatic heterocycles. The molecule has 0 spiro atoms. The molecular formula is C12H14F2O3. The van der Waals surface area contributed by atoms with Crippen molar-refractivity contribution in [1.82, 2.24) is 0 Å². The number of para-hydroxylation sites is 1. The van der Waals surface area contributed by atoms with Gasteiger partial charge in [-0.05, 0) is 13.0 Å². The van der Waals surface area contributed by atoms with Gasteiger partial charge < -0.3 is 14.3 Å². The van der Waals surface area contributed by atoms with Gasteiger partial charge in [0.1, 0.15) is 6.29 Å². The first-order valence-electron chi connectivity index (χ1n) is 5.26. The van der Waals surface area contributed by atoms with E-state index in [1.165, 1.54) is 6.07 Å². The predicted octanol–water partition coefficient (Wildman–Crippen LogP) is 2.99. The van der Waals surface area contributed by atoms with Gasteiger partial charge in [-0.3, -0.25) is 0 Å². The normalized spacial score (nSPS) is 12.3. The molecular weight excluding hydrogens is 230 g/mol. The van der Waals surface area contributed by atoms with E-state index in [1.54, 1.807) is 26.0 Å². The minimum absolute atomic E-state index is 0.0658. The molecule has 0 bridgehead atoms. The SMILES string of the molecule is CCOc1cccc(C(C)C=O)c1OC(F)F. The third-order valence-electron chi connectivity index (χ3n) is 2.21. The summed E-state index contributed by atoms with van der Waals surface area (Å²) in [4.78, 5) is 10.7. The van der Waals surface area contributed by atoms with Crippen molar-refractivity contribution in [2.45, 2.75) is 26.4 Å². The second-order valence-corrected chi connectivity index (χ2v) is 3.41. The van der Waals surface area contributed by atoms with Crippen molar-refractivity contribution in [3.8, 4) is 11.5 Å². The van der Waals surface area contributed by atoms with Gasteiger partial charge in [0.05, 0.1) is 6.61 Å². The highest BCUT2D eigenvalue weighted by Crippen LogP contribution is 2.36. The van der Waals surface area contributed by atoms with E-state index < -0.39 is 12.5 Å². The zero-order valence-electron chi connectivity index (χ0n) is 9.65. The van der Waals surface area contributed by atoms with Crippen molar-refractivity contribution in [1.29, 1.82) is 0 Å². The first-order valence-corrected chi connectivity index (χ1v) is 5.26. The van der Waals surface area contributed by atoms with Crippen molar-refractivity contribution in [2.24, 2.45) is 0 Å². The molecule has 3 nitrogen and oxygen atoms in total. The summed E-state index contributed by atoms with van der Waals surface area (Å²) in [5.74, 6) is -0.368. The molecule has 1 rings (SSSR count). The predicted molar refractivity (Wildman–Crippen MR) is 58.7 cm³/mol. The lowest BCUT2D eigenvalue weighted by Crippen LogP contribution is -2.08. The summed E-state index contributed by atoms with van der Waals surface area (Å²) in [7, 11) is 0. The van der Waals surface area contributed by atoms with E-state index in [0.29, 0.717) is 18.5 Å². The Hall–Kier alpha value is -1.65. The third kappa shape index (κ3) is 3.41. The van der Waals surface area contributed by atoms with Crippen molar-refractivity contribution < 1.29 is 23.0 Å². The van der Waals surface area contributed by atoms with Crippen molar-refractivity contribution in [3.05, 3.63) is 23.8 Å². The van der Waals surface area contributed by atoms with Crippen LogP contribution in [0.5, 0.6) is 11.5 Å². The first kappa shape index (κ1) is 13.4. The third-order valence-corrected chi connectivity index (χ3v) is 2.21. The molecule has 0 fully saturated rings. The van der Waals surface area contributed by atoms with Crippen LogP contribution in [0.4, 0.5) is 8.78 Å². The summed E-state index contributed by atoms with van der Waals surface area (Å²) >= 11 is 0. The molecule has 1 atom stereocenters. The van der Waals surface area contributed by atoms with Crippen LogP contribution >= 0.6 is 0 Å². The maximum absolute atomic E-state index is 12.3. The van der Waals surface area contributed by atoms with Crippen molar-refractivity contribution >= 4 is 6.29 Å². The molecule has 0 heterocycles. The molecule has 5 heteroatoms. The molecule has 0 saturated heterocycles. The average Bonchev–Trinajstić information content (AvgIpc) is 2.30. The maximum Gasteiger partial charge on any atom is 0.387 e. The molecule has 17 heavy (non-hydrogen) atoms. The molecule has 1 aromatic carbocycles. The molecule has 0 radical (unpaired) electrons. The number of benzene rings is 1. The van der Waals surface area contributed by atoms with Gasteiger partial charge in [0.2, 0.25) is 0 Å². The van der Waals surface area contributed by atoms with Gasteiger partial charge in [0.25, 0.3) is 0 Å². The summed E-state index contributed by atoms with van der Waals surface area (Å²) < 4.78 is 34.3. The first-order chi connectivity index (χ1) is 8.10. The van der Waals surface area contributed by atoms with Crippen LogP contribution in [-0.4, -0.2) is 19.5 Å². The lowest BCUT2D eigenvalue weighted by atomic mass is 10.0. The van der Waals surface area contributed by atoms with Crippen LogP contribution in [0.2, 0.25) is 0 Å². The topological polar surface area (TPSA) is 35.5 Å². The molecule has 0 N–H and O–H groups in total. The molecule has 0 aromatic heterocycles. The number of aldehydes is 1. The summed E-state index contributed by atoms with van der Waals surface area (Å²) in [6.45, 7) is 0.728. The number of rotatable bonds is 6. The van der Waals surface area contributed by atoms with E-state index in [0.717, 1.165) is 0 Å². The number of hydrogen-bond acceptors (Lipinski definition) is 3. The van der Waals surface area contributed by atoms with Crippen LogP contribution in [0.1, 0.15) is 25.3 Å². The van der Waals surface area contributed by atoms with E-state index >= 15 is 0 Å². The van der Waals surface area contributed by atoms with Crippen molar-refractivity contribution in [3.63, 3.8) is 0 Å². The maximum atomic E-state index is 12.3. The van der Waals surface area contributed by atoms with Crippen LogP contribution in [0, 0.1) is 0 Å². The molecule has 1 unspecified atom stereocenters. The molecule has 0 saturated carbocycles. The number of hydrogen-bond donors (Lipinski definition) is 0. The Kier molecular flexibility index (Phi) is 4.87. The average molecular weight is 244 g/mol. The molecule has 0 aliphatic rings. The quantitative estimate of drug-likeness (QED) is 0.721. The fourth-order valence-corrected chi connectivity index (χ4v) is 1.45. The second kappa shape index (κ2) is 6.18. The Morgan fingerprint density at radius 2 is 2.12 bits per heavy atom. The summed E-state index contributed by atoms with van der Waals surface area (Å²) in [6.07, 6.45) is 0.670. The minimum Gasteiger partial charge on any atom is -0.490 e. The Morgan fingerprint density at radius 3 is 2.65 bits per heavy atom. The lowest BCUT2D eigenvalue weighted by molar-refractivity contribution is -0.108. The lowest BCUT2D eigenvalue weighted by Gasteiger charge is -2.16. The van der Waals surface area contributed by atoms with Crippen LogP contribution < -0.4 is 9.47 Å². The molecule has 0 aliphatic carbocycles. The molecule has 1 aromatic rings. The van der Waals surface area contributed by atoms with E-state index in [4.69, 9.17) is 4.74 Å². The highest BCUT2D eigenvalue weighted by atomic mass is 19.3. The van der Waals surface area contributed by atoms with E-state index in [9.17, 15) is 13.6 Å². The largest absolute Gasteiger partial charge is 0.490 e. The molecule has 94 valence electrons. The zero-order chi connectivity index (χ0) is 12.8. The number of ether oxygens (including phenoxy) is 2. The van der Waals surface area contributed by atoms with Crippen LogP contribution in [0.25, 0.3) is 0 Å². The van der Waals surface area contributed by atoms with E-state index in [2.05, 4.69) is 4.74 Å². The van der Waals surface area contributed by atoms with Crippen LogP contribution in [-0.2, 0) is 4.79 Å². The van der Waals surface area contributed by atoms with Crippen LogP contribution in [0.3, 0.4) is 0 Å². The standard InChI is InChI=1S/C12H14F2O3/c1-3-16-10-6-4-5-9(8(2)7-15)11(10)17-12(13)14/h4-8,12H,3H2,1-2H3. The Bertz CT molecular complexity index is 380. The molecule has 0 amide bonds. The van der Waals surface area contributed by atoms with Crippen molar-refractivity contribution in [2.75, 3.05) is 6.61 Å². The minimum atomic E-state index is -2.95.